The second-order valence-corrected chi connectivity index (χ2v) is 4.13. The van der Waals surface area contributed by atoms with Crippen molar-refractivity contribution in [1.29, 1.82) is 0 Å². The van der Waals surface area contributed by atoms with Crippen molar-refractivity contribution in [3.8, 4) is 0 Å². The zero-order valence-corrected chi connectivity index (χ0v) is 9.43. The Morgan fingerprint density at radius 1 is 1.38 bits per heavy atom. The minimum absolute atomic E-state index is 0.0646. The van der Waals surface area contributed by atoms with E-state index < -0.39 is 0 Å². The lowest BCUT2D eigenvalue weighted by molar-refractivity contribution is -0.140. The summed E-state index contributed by atoms with van der Waals surface area (Å²) in [7, 11) is 0. The summed E-state index contributed by atoms with van der Waals surface area (Å²) in [5, 5.41) is 0. The lowest BCUT2D eigenvalue weighted by Crippen LogP contribution is -2.15. The zero-order chi connectivity index (χ0) is 11.4. The number of carbonyl (C=O) groups excluding carboxylic acids is 1. The van der Waals surface area contributed by atoms with Crippen molar-refractivity contribution in [2.24, 2.45) is 11.8 Å². The van der Waals surface area contributed by atoms with Gasteiger partial charge in [0.15, 0.2) is 0 Å². The molecule has 2 nitrogen and oxygen atoms in total. The van der Waals surface area contributed by atoms with Crippen molar-refractivity contribution < 1.29 is 9.53 Å². The summed E-state index contributed by atoms with van der Waals surface area (Å²) in [6, 6.07) is 10.2. The number of allylic oxidation sites excluding steroid dienone is 1. The predicted molar refractivity (Wildman–Crippen MR) is 62.9 cm³/mol. The fraction of sp³-hybridized carbons (Fsp3) is 0.357. The Kier molecular flexibility index (Phi) is 3.40. The standard InChI is InChI=1S/C14H16O2/c1-2-6-13-12(10-16-14(13)15)9-11-7-4-3-5-8-11/h2-8,12-13H,9-10H2,1H3/b6-2+/t12-,13+/m0/s1. The fourth-order valence-electron chi connectivity index (χ4n) is 2.13. The Labute approximate surface area is 95.9 Å². The van der Waals surface area contributed by atoms with Crippen molar-refractivity contribution in [2.75, 3.05) is 6.61 Å². The molecule has 1 aliphatic rings. The minimum Gasteiger partial charge on any atom is -0.465 e. The summed E-state index contributed by atoms with van der Waals surface area (Å²) in [6.45, 7) is 2.48. The van der Waals surface area contributed by atoms with Crippen LogP contribution in [0.5, 0.6) is 0 Å². The Morgan fingerprint density at radius 3 is 2.81 bits per heavy atom. The molecule has 2 atom stereocenters. The highest BCUT2D eigenvalue weighted by Gasteiger charge is 2.34. The molecule has 1 aliphatic heterocycles. The van der Waals surface area contributed by atoms with E-state index in [1.165, 1.54) is 5.56 Å². The maximum absolute atomic E-state index is 11.5. The molecule has 0 spiro atoms. The van der Waals surface area contributed by atoms with Gasteiger partial charge in [0, 0.05) is 5.92 Å². The van der Waals surface area contributed by atoms with Crippen LogP contribution in [0.1, 0.15) is 12.5 Å². The smallest absolute Gasteiger partial charge is 0.313 e. The minimum atomic E-state index is -0.0842. The molecular formula is C14H16O2. The molecule has 0 N–H and O–H groups in total. The fourth-order valence-corrected chi connectivity index (χ4v) is 2.13. The molecule has 0 unspecified atom stereocenters. The van der Waals surface area contributed by atoms with Crippen LogP contribution in [-0.4, -0.2) is 12.6 Å². The van der Waals surface area contributed by atoms with Crippen LogP contribution in [0.2, 0.25) is 0 Å². The normalized spacial score (nSPS) is 24.9. The van der Waals surface area contributed by atoms with Crippen LogP contribution in [0.3, 0.4) is 0 Å². The second kappa shape index (κ2) is 4.97. The van der Waals surface area contributed by atoms with Crippen molar-refractivity contribution in [1.82, 2.24) is 0 Å². The Morgan fingerprint density at radius 2 is 2.12 bits per heavy atom. The summed E-state index contributed by atoms with van der Waals surface area (Å²) in [4.78, 5) is 11.5. The number of carbonyl (C=O) groups is 1. The molecule has 1 fully saturated rings. The molecule has 84 valence electrons. The molecule has 0 amide bonds. The Hall–Kier alpha value is -1.57. The largest absolute Gasteiger partial charge is 0.465 e. The summed E-state index contributed by atoms with van der Waals surface area (Å²) < 4.78 is 5.11. The van der Waals surface area contributed by atoms with Crippen molar-refractivity contribution in [3.63, 3.8) is 0 Å². The summed E-state index contributed by atoms with van der Waals surface area (Å²) in [6.07, 6.45) is 4.78. The molecule has 1 aromatic carbocycles. The Balaban J connectivity index is 2.07. The van der Waals surface area contributed by atoms with Gasteiger partial charge in [0.2, 0.25) is 0 Å². The molecule has 0 radical (unpaired) electrons. The van der Waals surface area contributed by atoms with Crippen LogP contribution in [0.4, 0.5) is 0 Å². The average Bonchev–Trinajstić information content (AvgIpc) is 2.64. The lowest BCUT2D eigenvalue weighted by Gasteiger charge is -2.11. The number of hydrogen-bond acceptors (Lipinski definition) is 2. The van der Waals surface area contributed by atoms with Gasteiger partial charge < -0.3 is 4.74 Å². The van der Waals surface area contributed by atoms with E-state index in [0.717, 1.165) is 6.42 Å². The SMILES string of the molecule is C/C=C/[C@H]1C(=O)OC[C@@H]1Cc1ccccc1. The predicted octanol–water partition coefficient (Wildman–Crippen LogP) is 2.59. The first-order chi connectivity index (χ1) is 7.81. The first kappa shape index (κ1) is 10.9. The molecule has 0 aromatic heterocycles. The third-order valence-electron chi connectivity index (χ3n) is 2.96. The van der Waals surface area contributed by atoms with Crippen LogP contribution in [0.15, 0.2) is 42.5 Å². The van der Waals surface area contributed by atoms with Crippen LogP contribution >= 0.6 is 0 Å². The lowest BCUT2D eigenvalue weighted by atomic mass is 9.89. The van der Waals surface area contributed by atoms with Gasteiger partial charge in [-0.2, -0.15) is 0 Å². The maximum atomic E-state index is 11.5. The highest BCUT2D eigenvalue weighted by Crippen LogP contribution is 2.26. The monoisotopic (exact) mass is 216 g/mol. The van der Waals surface area contributed by atoms with E-state index in [-0.39, 0.29) is 17.8 Å². The quantitative estimate of drug-likeness (QED) is 0.573. The van der Waals surface area contributed by atoms with Crippen LogP contribution in [0.25, 0.3) is 0 Å². The number of hydrogen-bond donors (Lipinski definition) is 0. The van der Waals surface area contributed by atoms with Gasteiger partial charge in [0.05, 0.1) is 12.5 Å². The van der Waals surface area contributed by atoms with Crippen molar-refractivity contribution in [2.45, 2.75) is 13.3 Å². The third-order valence-corrected chi connectivity index (χ3v) is 2.96. The summed E-state index contributed by atoms with van der Waals surface area (Å²) in [5.74, 6) is 0.135. The molecule has 0 bridgehead atoms. The maximum Gasteiger partial charge on any atom is 0.313 e. The third kappa shape index (κ3) is 2.32. The van der Waals surface area contributed by atoms with E-state index in [4.69, 9.17) is 4.74 Å². The highest BCUT2D eigenvalue weighted by molar-refractivity contribution is 5.76. The van der Waals surface area contributed by atoms with E-state index in [1.807, 2.05) is 37.3 Å². The Bertz CT molecular complexity index is 381. The van der Waals surface area contributed by atoms with Gasteiger partial charge in [0.1, 0.15) is 0 Å². The van der Waals surface area contributed by atoms with E-state index >= 15 is 0 Å². The molecule has 0 aliphatic carbocycles. The zero-order valence-electron chi connectivity index (χ0n) is 9.43. The first-order valence-electron chi connectivity index (χ1n) is 5.64. The van der Waals surface area contributed by atoms with Gasteiger partial charge in [-0.15, -0.1) is 0 Å². The molecule has 0 saturated carbocycles. The van der Waals surface area contributed by atoms with E-state index in [0.29, 0.717) is 6.61 Å². The summed E-state index contributed by atoms with van der Waals surface area (Å²) in [5.41, 5.74) is 1.26. The molecule has 2 heteroatoms. The second-order valence-electron chi connectivity index (χ2n) is 4.13. The number of benzene rings is 1. The number of esters is 1. The van der Waals surface area contributed by atoms with Crippen LogP contribution in [-0.2, 0) is 16.0 Å². The average molecular weight is 216 g/mol. The summed E-state index contributed by atoms with van der Waals surface area (Å²) >= 11 is 0. The van der Waals surface area contributed by atoms with Crippen molar-refractivity contribution in [3.05, 3.63) is 48.0 Å². The molecule has 1 aromatic rings. The van der Waals surface area contributed by atoms with Gasteiger partial charge in [-0.25, -0.2) is 0 Å². The van der Waals surface area contributed by atoms with E-state index in [9.17, 15) is 4.79 Å². The molecule has 1 heterocycles. The molecule has 2 rings (SSSR count). The molecule has 16 heavy (non-hydrogen) atoms. The van der Waals surface area contributed by atoms with E-state index in [2.05, 4.69) is 12.1 Å². The van der Waals surface area contributed by atoms with Crippen LogP contribution in [0, 0.1) is 11.8 Å². The van der Waals surface area contributed by atoms with Gasteiger partial charge in [-0.3, -0.25) is 4.79 Å². The van der Waals surface area contributed by atoms with Gasteiger partial charge in [-0.1, -0.05) is 42.5 Å². The number of cyclic esters (lactones) is 1. The van der Waals surface area contributed by atoms with Gasteiger partial charge in [-0.05, 0) is 18.9 Å². The molecule has 1 saturated heterocycles. The topological polar surface area (TPSA) is 26.3 Å². The highest BCUT2D eigenvalue weighted by atomic mass is 16.5. The number of ether oxygens (including phenoxy) is 1. The molecular weight excluding hydrogens is 200 g/mol. The van der Waals surface area contributed by atoms with E-state index in [1.54, 1.807) is 0 Å². The number of rotatable bonds is 3. The van der Waals surface area contributed by atoms with Crippen LogP contribution < -0.4 is 0 Å². The first-order valence-corrected chi connectivity index (χ1v) is 5.64. The van der Waals surface area contributed by atoms with Gasteiger partial charge >= 0.3 is 5.97 Å². The van der Waals surface area contributed by atoms with Crippen molar-refractivity contribution >= 4 is 5.97 Å². The van der Waals surface area contributed by atoms with Gasteiger partial charge in [0.25, 0.3) is 0 Å².